The van der Waals surface area contributed by atoms with Gasteiger partial charge in [-0.05, 0) is 44.2 Å². The fraction of sp³-hybridized carbons (Fsp3) is 0.923. The van der Waals surface area contributed by atoms with Gasteiger partial charge in [0.25, 0.3) is 0 Å². The van der Waals surface area contributed by atoms with Gasteiger partial charge in [-0.1, -0.05) is 13.8 Å². The Morgan fingerprint density at radius 2 is 2.29 bits per heavy atom. The third-order valence-electron chi connectivity index (χ3n) is 3.35. The highest BCUT2D eigenvalue weighted by atomic mass is 16.2. The molecule has 100 valence electrons. The summed E-state index contributed by atoms with van der Waals surface area (Å²) in [6, 6.07) is 0. The number of hydrogen-bond acceptors (Lipinski definition) is 3. The minimum Gasteiger partial charge on any atom is -0.355 e. The zero-order valence-electron chi connectivity index (χ0n) is 11.2. The number of carbonyl (C=O) groups is 1. The summed E-state index contributed by atoms with van der Waals surface area (Å²) in [4.78, 5) is 13.9. The van der Waals surface area contributed by atoms with Gasteiger partial charge in [-0.15, -0.1) is 0 Å². The molecule has 1 aliphatic rings. The monoisotopic (exact) mass is 241 g/mol. The van der Waals surface area contributed by atoms with E-state index in [1.165, 1.54) is 12.8 Å². The van der Waals surface area contributed by atoms with Crippen molar-refractivity contribution in [2.45, 2.75) is 33.1 Å². The molecule has 0 bridgehead atoms. The van der Waals surface area contributed by atoms with Crippen LogP contribution in [-0.2, 0) is 4.79 Å². The second-order valence-corrected chi connectivity index (χ2v) is 5.51. The lowest BCUT2D eigenvalue weighted by atomic mass is 9.98. The molecule has 1 fully saturated rings. The Hall–Kier alpha value is -0.610. The molecule has 1 heterocycles. The first kappa shape index (κ1) is 14.5. The lowest BCUT2D eigenvalue weighted by molar-refractivity contribution is -0.122. The van der Waals surface area contributed by atoms with Gasteiger partial charge in [0.2, 0.25) is 5.91 Å². The molecule has 0 saturated carbocycles. The Kier molecular flexibility index (Phi) is 6.52. The highest BCUT2D eigenvalue weighted by molar-refractivity contribution is 5.77. The van der Waals surface area contributed by atoms with Gasteiger partial charge in [0.1, 0.15) is 0 Å². The quantitative estimate of drug-likeness (QED) is 0.724. The molecule has 4 nitrogen and oxygen atoms in total. The molecule has 0 aromatic rings. The van der Waals surface area contributed by atoms with Crippen LogP contribution >= 0.6 is 0 Å². The van der Waals surface area contributed by atoms with E-state index in [4.69, 9.17) is 5.73 Å². The summed E-state index contributed by atoms with van der Waals surface area (Å²) in [7, 11) is 0. The summed E-state index contributed by atoms with van der Waals surface area (Å²) in [5.41, 5.74) is 5.68. The number of nitrogens with two attached hydrogens (primary N) is 1. The normalized spacial score (nSPS) is 21.8. The van der Waals surface area contributed by atoms with Crippen molar-refractivity contribution >= 4 is 5.91 Å². The van der Waals surface area contributed by atoms with Crippen LogP contribution in [0.25, 0.3) is 0 Å². The Balaban J connectivity index is 2.17. The Labute approximate surface area is 105 Å². The molecule has 0 aromatic carbocycles. The average Bonchev–Trinajstić information content (AvgIpc) is 2.28. The van der Waals surface area contributed by atoms with Gasteiger partial charge in [-0.3, -0.25) is 9.69 Å². The molecule has 3 N–H and O–H groups in total. The maximum Gasteiger partial charge on any atom is 0.234 e. The van der Waals surface area contributed by atoms with E-state index in [1.807, 2.05) is 0 Å². The van der Waals surface area contributed by atoms with Crippen molar-refractivity contribution in [3.63, 3.8) is 0 Å². The van der Waals surface area contributed by atoms with Gasteiger partial charge in [0, 0.05) is 13.1 Å². The van der Waals surface area contributed by atoms with Crippen LogP contribution in [0.3, 0.4) is 0 Å². The van der Waals surface area contributed by atoms with Crippen molar-refractivity contribution < 1.29 is 4.79 Å². The molecule has 0 radical (unpaired) electrons. The summed E-state index contributed by atoms with van der Waals surface area (Å²) >= 11 is 0. The summed E-state index contributed by atoms with van der Waals surface area (Å²) in [6.07, 6.45) is 3.43. The molecule has 17 heavy (non-hydrogen) atoms. The molecule has 4 heteroatoms. The molecular formula is C13H27N3O. The number of hydrogen-bond donors (Lipinski definition) is 2. The summed E-state index contributed by atoms with van der Waals surface area (Å²) in [5.74, 6) is 1.38. The first-order valence-corrected chi connectivity index (χ1v) is 6.81. The molecule has 0 aromatic heterocycles. The summed E-state index contributed by atoms with van der Waals surface area (Å²) < 4.78 is 0. The van der Waals surface area contributed by atoms with Gasteiger partial charge < -0.3 is 11.1 Å². The van der Waals surface area contributed by atoms with Gasteiger partial charge in [-0.25, -0.2) is 0 Å². The molecule has 1 aliphatic heterocycles. The van der Waals surface area contributed by atoms with E-state index >= 15 is 0 Å². The maximum absolute atomic E-state index is 11.7. The Morgan fingerprint density at radius 3 is 2.94 bits per heavy atom. The number of amides is 1. The third-order valence-corrected chi connectivity index (χ3v) is 3.35. The fourth-order valence-corrected chi connectivity index (χ4v) is 2.25. The summed E-state index contributed by atoms with van der Waals surface area (Å²) in [6.45, 7) is 8.43. The molecular weight excluding hydrogens is 214 g/mol. The van der Waals surface area contributed by atoms with E-state index in [2.05, 4.69) is 24.1 Å². The number of nitrogens with one attached hydrogen (secondary N) is 1. The van der Waals surface area contributed by atoms with Crippen LogP contribution in [0.4, 0.5) is 0 Å². The molecule has 1 unspecified atom stereocenters. The van der Waals surface area contributed by atoms with Crippen LogP contribution in [0.1, 0.15) is 33.1 Å². The van der Waals surface area contributed by atoms with E-state index in [0.29, 0.717) is 18.4 Å². The number of piperidine rings is 1. The predicted molar refractivity (Wildman–Crippen MR) is 70.7 cm³/mol. The molecule has 0 spiro atoms. The SMILES string of the molecule is CC(C)CCNC(=O)CN1CCCC(CN)C1. The molecule has 1 rings (SSSR count). The van der Waals surface area contributed by atoms with E-state index in [0.717, 1.165) is 32.6 Å². The van der Waals surface area contributed by atoms with Crippen molar-refractivity contribution in [1.29, 1.82) is 0 Å². The largest absolute Gasteiger partial charge is 0.355 e. The van der Waals surface area contributed by atoms with Crippen molar-refractivity contribution in [1.82, 2.24) is 10.2 Å². The van der Waals surface area contributed by atoms with Gasteiger partial charge >= 0.3 is 0 Å². The van der Waals surface area contributed by atoms with Crippen LogP contribution in [-0.4, -0.2) is 43.5 Å². The van der Waals surface area contributed by atoms with Crippen molar-refractivity contribution in [2.24, 2.45) is 17.6 Å². The van der Waals surface area contributed by atoms with E-state index in [9.17, 15) is 4.79 Å². The van der Waals surface area contributed by atoms with Crippen molar-refractivity contribution in [2.75, 3.05) is 32.7 Å². The van der Waals surface area contributed by atoms with E-state index in [-0.39, 0.29) is 5.91 Å². The van der Waals surface area contributed by atoms with Crippen LogP contribution in [0.5, 0.6) is 0 Å². The van der Waals surface area contributed by atoms with Gasteiger partial charge in [0.15, 0.2) is 0 Å². The second-order valence-electron chi connectivity index (χ2n) is 5.51. The van der Waals surface area contributed by atoms with E-state index in [1.54, 1.807) is 0 Å². The number of nitrogens with zero attached hydrogens (tertiary/aromatic N) is 1. The number of likely N-dealkylation sites (tertiary alicyclic amines) is 1. The number of carbonyl (C=O) groups excluding carboxylic acids is 1. The Morgan fingerprint density at radius 1 is 1.53 bits per heavy atom. The van der Waals surface area contributed by atoms with Gasteiger partial charge in [0.05, 0.1) is 6.54 Å². The highest BCUT2D eigenvalue weighted by Gasteiger charge is 2.20. The maximum atomic E-state index is 11.7. The minimum atomic E-state index is 0.156. The third kappa shape index (κ3) is 6.03. The van der Waals surface area contributed by atoms with E-state index < -0.39 is 0 Å². The molecule has 1 amide bonds. The van der Waals surface area contributed by atoms with Crippen LogP contribution in [0.2, 0.25) is 0 Å². The second kappa shape index (κ2) is 7.67. The zero-order valence-corrected chi connectivity index (χ0v) is 11.2. The smallest absolute Gasteiger partial charge is 0.234 e. The topological polar surface area (TPSA) is 58.4 Å². The highest BCUT2D eigenvalue weighted by Crippen LogP contribution is 2.14. The van der Waals surface area contributed by atoms with Crippen molar-refractivity contribution in [3.05, 3.63) is 0 Å². The van der Waals surface area contributed by atoms with Crippen LogP contribution in [0.15, 0.2) is 0 Å². The molecule has 1 atom stereocenters. The van der Waals surface area contributed by atoms with Gasteiger partial charge in [-0.2, -0.15) is 0 Å². The summed E-state index contributed by atoms with van der Waals surface area (Å²) in [5, 5.41) is 2.98. The van der Waals surface area contributed by atoms with Crippen LogP contribution in [0, 0.1) is 11.8 Å². The lowest BCUT2D eigenvalue weighted by Crippen LogP contribution is -2.44. The zero-order chi connectivity index (χ0) is 12.7. The molecule has 1 saturated heterocycles. The Bertz CT molecular complexity index is 231. The lowest BCUT2D eigenvalue weighted by Gasteiger charge is -2.31. The minimum absolute atomic E-state index is 0.156. The first-order valence-electron chi connectivity index (χ1n) is 6.81. The predicted octanol–water partition coefficient (Wildman–Crippen LogP) is 0.819. The van der Waals surface area contributed by atoms with Crippen molar-refractivity contribution in [3.8, 4) is 0 Å². The van der Waals surface area contributed by atoms with Crippen LogP contribution < -0.4 is 11.1 Å². The molecule has 0 aliphatic carbocycles. The number of rotatable bonds is 6. The standard InChI is InChI=1S/C13H27N3O/c1-11(2)5-6-15-13(17)10-16-7-3-4-12(8-14)9-16/h11-12H,3-10,14H2,1-2H3,(H,15,17). The fourth-order valence-electron chi connectivity index (χ4n) is 2.25. The average molecular weight is 241 g/mol. The first-order chi connectivity index (χ1) is 8.11.